The molecule has 64 valence electrons. The Balaban J connectivity index is 2.36. The van der Waals surface area contributed by atoms with Crippen molar-refractivity contribution in [3.63, 3.8) is 0 Å². The van der Waals surface area contributed by atoms with E-state index in [-0.39, 0.29) is 0 Å². The standard InChI is InChI=1S/C12H11N/c1-2-4-6-11(5-3-1)12-7-9-13-10-8-12/h1,3-10H,2H2. The minimum absolute atomic E-state index is 1.02. The number of nitrogens with zero attached hydrogens (tertiary/aromatic N) is 1. The summed E-state index contributed by atoms with van der Waals surface area (Å²) in [7, 11) is 0. The van der Waals surface area contributed by atoms with Gasteiger partial charge in [-0.1, -0.05) is 30.4 Å². The lowest BCUT2D eigenvalue weighted by Crippen LogP contribution is -1.79. The van der Waals surface area contributed by atoms with Crippen molar-refractivity contribution in [2.24, 2.45) is 0 Å². The molecule has 0 aliphatic heterocycles. The van der Waals surface area contributed by atoms with Crippen LogP contribution >= 0.6 is 0 Å². The minimum Gasteiger partial charge on any atom is -0.265 e. The first-order valence-electron chi connectivity index (χ1n) is 4.40. The van der Waals surface area contributed by atoms with Gasteiger partial charge < -0.3 is 0 Å². The molecule has 1 aliphatic carbocycles. The van der Waals surface area contributed by atoms with Gasteiger partial charge in [-0.2, -0.15) is 0 Å². The van der Waals surface area contributed by atoms with Crippen molar-refractivity contribution in [3.05, 3.63) is 60.5 Å². The van der Waals surface area contributed by atoms with E-state index in [1.54, 1.807) is 0 Å². The van der Waals surface area contributed by atoms with Crippen molar-refractivity contribution in [2.75, 3.05) is 0 Å². The molecule has 0 N–H and O–H groups in total. The molecular weight excluding hydrogens is 158 g/mol. The van der Waals surface area contributed by atoms with E-state index >= 15 is 0 Å². The summed E-state index contributed by atoms with van der Waals surface area (Å²) in [5.41, 5.74) is 2.47. The zero-order chi connectivity index (χ0) is 8.93. The Hall–Kier alpha value is -1.63. The predicted molar refractivity (Wildman–Crippen MR) is 55.1 cm³/mol. The topological polar surface area (TPSA) is 12.9 Å². The van der Waals surface area contributed by atoms with Crippen LogP contribution in [0.3, 0.4) is 0 Å². The van der Waals surface area contributed by atoms with Crippen LogP contribution in [0.4, 0.5) is 0 Å². The summed E-state index contributed by atoms with van der Waals surface area (Å²) in [5.74, 6) is 0. The van der Waals surface area contributed by atoms with Gasteiger partial charge in [0.1, 0.15) is 0 Å². The second-order valence-corrected chi connectivity index (χ2v) is 2.92. The smallest absolute Gasteiger partial charge is 0.0273 e. The third-order valence-corrected chi connectivity index (χ3v) is 2.00. The monoisotopic (exact) mass is 169 g/mol. The van der Waals surface area contributed by atoms with Crippen molar-refractivity contribution in [1.82, 2.24) is 4.98 Å². The van der Waals surface area contributed by atoms with E-state index in [1.165, 1.54) is 11.1 Å². The van der Waals surface area contributed by atoms with Gasteiger partial charge >= 0.3 is 0 Å². The van der Waals surface area contributed by atoms with Crippen molar-refractivity contribution >= 4 is 5.57 Å². The highest BCUT2D eigenvalue weighted by Gasteiger charge is 1.96. The molecule has 1 aromatic rings. The molecule has 0 bridgehead atoms. The molecule has 1 aliphatic rings. The van der Waals surface area contributed by atoms with Gasteiger partial charge in [-0.3, -0.25) is 4.98 Å². The Morgan fingerprint density at radius 2 is 1.92 bits per heavy atom. The molecule has 0 saturated carbocycles. The number of allylic oxidation sites excluding steroid dienone is 6. The molecule has 0 aromatic carbocycles. The highest BCUT2D eigenvalue weighted by atomic mass is 14.6. The number of hydrogen-bond donors (Lipinski definition) is 0. The van der Waals surface area contributed by atoms with Crippen LogP contribution in [0.1, 0.15) is 12.0 Å². The van der Waals surface area contributed by atoms with Crippen molar-refractivity contribution in [1.29, 1.82) is 0 Å². The van der Waals surface area contributed by atoms with E-state index < -0.39 is 0 Å². The maximum absolute atomic E-state index is 3.99. The second-order valence-electron chi connectivity index (χ2n) is 2.92. The zero-order valence-corrected chi connectivity index (χ0v) is 7.35. The zero-order valence-electron chi connectivity index (χ0n) is 7.35. The molecule has 0 fully saturated rings. The molecule has 1 heterocycles. The molecule has 0 amide bonds. The normalized spacial score (nSPS) is 15.2. The van der Waals surface area contributed by atoms with E-state index in [2.05, 4.69) is 35.4 Å². The summed E-state index contributed by atoms with van der Waals surface area (Å²) in [6.07, 6.45) is 15.3. The van der Waals surface area contributed by atoms with E-state index in [0.29, 0.717) is 0 Å². The van der Waals surface area contributed by atoms with Crippen molar-refractivity contribution < 1.29 is 0 Å². The third-order valence-electron chi connectivity index (χ3n) is 2.00. The van der Waals surface area contributed by atoms with Crippen molar-refractivity contribution in [3.8, 4) is 0 Å². The second kappa shape index (κ2) is 3.85. The lowest BCUT2D eigenvalue weighted by atomic mass is 10.1. The summed E-state index contributed by atoms with van der Waals surface area (Å²) in [5, 5.41) is 0. The Labute approximate surface area is 78.1 Å². The Bertz CT molecular complexity index is 358. The van der Waals surface area contributed by atoms with Crippen LogP contribution in [0.15, 0.2) is 54.9 Å². The minimum atomic E-state index is 1.02. The molecule has 0 spiro atoms. The number of rotatable bonds is 1. The SMILES string of the molecule is C1=CCC=CC(c2ccncc2)=C1. The lowest BCUT2D eigenvalue weighted by molar-refractivity contribution is 1.32. The van der Waals surface area contributed by atoms with E-state index in [0.717, 1.165) is 6.42 Å². The highest BCUT2D eigenvalue weighted by molar-refractivity contribution is 5.75. The number of aromatic nitrogens is 1. The van der Waals surface area contributed by atoms with Gasteiger partial charge in [0.25, 0.3) is 0 Å². The van der Waals surface area contributed by atoms with Gasteiger partial charge in [-0.15, -0.1) is 0 Å². The van der Waals surface area contributed by atoms with Crippen LogP contribution in [-0.2, 0) is 0 Å². The van der Waals surface area contributed by atoms with E-state index in [1.807, 2.05) is 24.5 Å². The highest BCUT2D eigenvalue weighted by Crippen LogP contribution is 2.16. The van der Waals surface area contributed by atoms with Gasteiger partial charge in [0.05, 0.1) is 0 Å². The molecule has 2 rings (SSSR count). The Kier molecular flexibility index (Phi) is 2.37. The fraction of sp³-hybridized carbons (Fsp3) is 0.0833. The van der Waals surface area contributed by atoms with Crippen LogP contribution in [0.2, 0.25) is 0 Å². The average Bonchev–Trinajstić information content (AvgIpc) is 2.47. The first kappa shape index (κ1) is 7.99. The van der Waals surface area contributed by atoms with Gasteiger partial charge in [-0.25, -0.2) is 0 Å². The first-order valence-corrected chi connectivity index (χ1v) is 4.40. The largest absolute Gasteiger partial charge is 0.265 e. The summed E-state index contributed by atoms with van der Waals surface area (Å²) in [6, 6.07) is 4.05. The first-order chi connectivity index (χ1) is 6.47. The van der Waals surface area contributed by atoms with Crippen LogP contribution in [0, 0.1) is 0 Å². The van der Waals surface area contributed by atoms with Crippen molar-refractivity contribution in [2.45, 2.75) is 6.42 Å². The number of hydrogen-bond acceptors (Lipinski definition) is 1. The maximum Gasteiger partial charge on any atom is 0.0273 e. The lowest BCUT2D eigenvalue weighted by Gasteiger charge is -1.98. The predicted octanol–water partition coefficient (Wildman–Crippen LogP) is 2.98. The average molecular weight is 169 g/mol. The summed E-state index contributed by atoms with van der Waals surface area (Å²) in [4.78, 5) is 3.99. The Morgan fingerprint density at radius 1 is 1.08 bits per heavy atom. The summed E-state index contributed by atoms with van der Waals surface area (Å²) < 4.78 is 0. The van der Waals surface area contributed by atoms with Crippen LogP contribution in [0.5, 0.6) is 0 Å². The molecule has 1 aromatic heterocycles. The number of pyridine rings is 1. The van der Waals surface area contributed by atoms with Crippen LogP contribution in [0.25, 0.3) is 5.57 Å². The quantitative estimate of drug-likeness (QED) is 0.629. The molecule has 0 saturated heterocycles. The van der Waals surface area contributed by atoms with Gasteiger partial charge in [0.15, 0.2) is 0 Å². The fourth-order valence-corrected chi connectivity index (χ4v) is 1.32. The molecule has 1 heteroatoms. The third kappa shape index (κ3) is 1.94. The van der Waals surface area contributed by atoms with Gasteiger partial charge in [0, 0.05) is 12.4 Å². The van der Waals surface area contributed by atoms with Crippen LogP contribution < -0.4 is 0 Å². The molecule has 1 nitrogen and oxygen atoms in total. The molecular formula is C12H11N. The summed E-state index contributed by atoms with van der Waals surface area (Å²) >= 11 is 0. The summed E-state index contributed by atoms with van der Waals surface area (Å²) in [6.45, 7) is 0. The molecule has 0 atom stereocenters. The molecule has 0 unspecified atom stereocenters. The molecule has 0 radical (unpaired) electrons. The maximum atomic E-state index is 3.99. The van der Waals surface area contributed by atoms with E-state index in [9.17, 15) is 0 Å². The Morgan fingerprint density at radius 3 is 2.77 bits per heavy atom. The molecule has 13 heavy (non-hydrogen) atoms. The van der Waals surface area contributed by atoms with Gasteiger partial charge in [0.2, 0.25) is 0 Å². The van der Waals surface area contributed by atoms with Crippen LogP contribution in [-0.4, -0.2) is 4.98 Å². The van der Waals surface area contributed by atoms with E-state index in [4.69, 9.17) is 0 Å². The van der Waals surface area contributed by atoms with Gasteiger partial charge in [-0.05, 0) is 29.7 Å². The fourth-order valence-electron chi connectivity index (χ4n) is 1.32.